The number of pyridine rings is 1. The van der Waals surface area contributed by atoms with Crippen molar-refractivity contribution in [3.8, 4) is 10.6 Å². The highest BCUT2D eigenvalue weighted by Crippen LogP contribution is 2.31. The first-order valence-corrected chi connectivity index (χ1v) is 10.3. The summed E-state index contributed by atoms with van der Waals surface area (Å²) in [4.78, 5) is 22.6. The van der Waals surface area contributed by atoms with Crippen molar-refractivity contribution >= 4 is 28.3 Å². The van der Waals surface area contributed by atoms with Crippen LogP contribution in [-0.2, 0) is 0 Å². The molecule has 0 radical (unpaired) electrons. The minimum atomic E-state index is 0.0326. The second-order valence-corrected chi connectivity index (χ2v) is 9.07. The first kappa shape index (κ1) is 19.5. The zero-order valence-corrected chi connectivity index (χ0v) is 18.0. The number of rotatable bonds is 5. The van der Waals surface area contributed by atoms with Gasteiger partial charge in [-0.1, -0.05) is 0 Å². The molecule has 27 heavy (non-hydrogen) atoms. The lowest BCUT2D eigenvalue weighted by molar-refractivity contribution is 0.0646. The predicted octanol–water partition coefficient (Wildman–Crippen LogP) is 5.31. The average Bonchev–Trinajstić information content (AvgIpc) is 3.19. The zero-order valence-electron chi connectivity index (χ0n) is 17.1. The van der Waals surface area contributed by atoms with Crippen LogP contribution in [0.2, 0.25) is 0 Å². The Labute approximate surface area is 165 Å². The molecule has 0 saturated carbocycles. The minimum absolute atomic E-state index is 0.0326. The van der Waals surface area contributed by atoms with E-state index in [1.807, 2.05) is 15.6 Å². The summed E-state index contributed by atoms with van der Waals surface area (Å²) in [6, 6.07) is 6.49. The van der Waals surface area contributed by atoms with Crippen LogP contribution >= 0.6 is 11.3 Å². The van der Waals surface area contributed by atoms with Crippen LogP contribution in [0.1, 0.15) is 62.8 Å². The van der Waals surface area contributed by atoms with Gasteiger partial charge in [-0.3, -0.25) is 4.79 Å². The van der Waals surface area contributed by atoms with Crippen molar-refractivity contribution in [3.63, 3.8) is 0 Å². The molecule has 3 heterocycles. The Morgan fingerprint density at radius 2 is 1.78 bits per heavy atom. The van der Waals surface area contributed by atoms with E-state index in [1.54, 1.807) is 17.5 Å². The van der Waals surface area contributed by atoms with Gasteiger partial charge in [0.1, 0.15) is 0 Å². The van der Waals surface area contributed by atoms with Gasteiger partial charge in [0.25, 0.3) is 5.91 Å². The highest BCUT2D eigenvalue weighted by atomic mass is 32.1. The van der Waals surface area contributed by atoms with Crippen molar-refractivity contribution in [2.24, 2.45) is 0 Å². The minimum Gasteiger partial charge on any atom is -0.334 e. The van der Waals surface area contributed by atoms with Gasteiger partial charge in [0, 0.05) is 23.0 Å². The molecule has 144 valence electrons. The third-order valence-electron chi connectivity index (χ3n) is 4.63. The van der Waals surface area contributed by atoms with Gasteiger partial charge in [-0.15, -0.1) is 11.3 Å². The summed E-state index contributed by atoms with van der Waals surface area (Å²) in [6.07, 6.45) is 1.78. The Hall–Kier alpha value is -2.21. The van der Waals surface area contributed by atoms with Gasteiger partial charge < -0.3 is 4.90 Å². The molecule has 0 fully saturated rings. The molecule has 0 saturated heterocycles. The van der Waals surface area contributed by atoms with Gasteiger partial charge in [0.2, 0.25) is 0 Å². The molecular weight excluding hydrogens is 356 g/mol. The highest BCUT2D eigenvalue weighted by molar-refractivity contribution is 7.15. The molecule has 0 N–H and O–H groups in total. The van der Waals surface area contributed by atoms with Crippen molar-refractivity contribution in [1.82, 2.24) is 19.7 Å². The SMILES string of the molecule is Cc1ccc(-c2cc(C(=O)N(C(C)C)C(C)C)c3cnn(C(C)C)c3n2)s1. The summed E-state index contributed by atoms with van der Waals surface area (Å²) in [6.45, 7) is 14.4. The van der Waals surface area contributed by atoms with Crippen LogP contribution < -0.4 is 0 Å². The van der Waals surface area contributed by atoms with E-state index in [1.165, 1.54) is 4.88 Å². The molecule has 0 aliphatic rings. The Bertz CT molecular complexity index is 960. The molecule has 3 aromatic rings. The molecule has 0 aliphatic carbocycles. The van der Waals surface area contributed by atoms with E-state index in [4.69, 9.17) is 4.98 Å². The summed E-state index contributed by atoms with van der Waals surface area (Å²) in [5, 5.41) is 5.33. The summed E-state index contributed by atoms with van der Waals surface area (Å²) >= 11 is 1.69. The van der Waals surface area contributed by atoms with Gasteiger partial charge in [-0.25, -0.2) is 9.67 Å². The third kappa shape index (κ3) is 3.63. The fraction of sp³-hybridized carbons (Fsp3) is 0.476. The van der Waals surface area contributed by atoms with Crippen LogP contribution in [-0.4, -0.2) is 37.7 Å². The van der Waals surface area contributed by atoms with Gasteiger partial charge in [-0.2, -0.15) is 5.10 Å². The molecule has 0 bridgehead atoms. The van der Waals surface area contributed by atoms with Crippen LogP contribution in [0.25, 0.3) is 21.6 Å². The van der Waals surface area contributed by atoms with E-state index in [-0.39, 0.29) is 24.0 Å². The Morgan fingerprint density at radius 3 is 2.30 bits per heavy atom. The number of hydrogen-bond acceptors (Lipinski definition) is 4. The number of hydrogen-bond donors (Lipinski definition) is 0. The van der Waals surface area contributed by atoms with Crippen molar-refractivity contribution < 1.29 is 4.79 Å². The lowest BCUT2D eigenvalue weighted by Crippen LogP contribution is -2.42. The number of thiophene rings is 1. The number of carbonyl (C=O) groups is 1. The smallest absolute Gasteiger partial charge is 0.255 e. The molecule has 0 atom stereocenters. The molecule has 0 aliphatic heterocycles. The van der Waals surface area contributed by atoms with Crippen molar-refractivity contribution in [3.05, 3.63) is 34.8 Å². The van der Waals surface area contributed by atoms with Crippen LogP contribution in [0.3, 0.4) is 0 Å². The standard InChI is InChI=1S/C21H28N4OS/c1-12(2)24(13(3)4)21(26)16-10-18(19-9-8-15(7)27-19)23-20-17(16)11-22-25(20)14(5)6/h8-14H,1-7H3. The van der Waals surface area contributed by atoms with Crippen molar-refractivity contribution in [2.45, 2.75) is 66.6 Å². The highest BCUT2D eigenvalue weighted by Gasteiger charge is 2.26. The molecule has 3 aromatic heterocycles. The second kappa shape index (κ2) is 7.43. The third-order valence-corrected chi connectivity index (χ3v) is 5.65. The maximum Gasteiger partial charge on any atom is 0.255 e. The van der Waals surface area contributed by atoms with E-state index < -0.39 is 0 Å². The molecule has 1 amide bonds. The molecule has 5 nitrogen and oxygen atoms in total. The van der Waals surface area contributed by atoms with E-state index >= 15 is 0 Å². The Balaban J connectivity index is 2.25. The van der Waals surface area contributed by atoms with Crippen LogP contribution in [0, 0.1) is 6.92 Å². The maximum atomic E-state index is 13.5. The molecular formula is C21H28N4OS. The molecule has 3 rings (SSSR count). The topological polar surface area (TPSA) is 51.0 Å². The summed E-state index contributed by atoms with van der Waals surface area (Å²) in [7, 11) is 0. The number of aryl methyl sites for hydroxylation is 1. The quantitative estimate of drug-likeness (QED) is 0.599. The van der Waals surface area contributed by atoms with Gasteiger partial charge in [-0.05, 0) is 66.7 Å². The van der Waals surface area contributed by atoms with Crippen molar-refractivity contribution in [2.75, 3.05) is 0 Å². The van der Waals surface area contributed by atoms with Gasteiger partial charge in [0.05, 0.1) is 27.7 Å². The van der Waals surface area contributed by atoms with Crippen LogP contribution in [0.4, 0.5) is 0 Å². The van der Waals surface area contributed by atoms with E-state index in [0.29, 0.717) is 5.56 Å². The first-order valence-electron chi connectivity index (χ1n) is 9.48. The number of carbonyl (C=O) groups excluding carboxylic acids is 1. The fourth-order valence-corrected chi connectivity index (χ4v) is 4.30. The summed E-state index contributed by atoms with van der Waals surface area (Å²) in [5.74, 6) is 0.0326. The number of amides is 1. The van der Waals surface area contributed by atoms with E-state index in [9.17, 15) is 4.79 Å². The molecule has 0 aromatic carbocycles. The average molecular weight is 385 g/mol. The second-order valence-electron chi connectivity index (χ2n) is 7.79. The van der Waals surface area contributed by atoms with Crippen molar-refractivity contribution in [1.29, 1.82) is 0 Å². The van der Waals surface area contributed by atoms with E-state index in [0.717, 1.165) is 21.6 Å². The monoisotopic (exact) mass is 384 g/mol. The predicted molar refractivity (Wildman–Crippen MR) is 112 cm³/mol. The molecule has 0 unspecified atom stereocenters. The maximum absolute atomic E-state index is 13.5. The van der Waals surface area contributed by atoms with Crippen LogP contribution in [0.15, 0.2) is 24.4 Å². The zero-order chi connectivity index (χ0) is 19.9. The Kier molecular flexibility index (Phi) is 5.38. The largest absolute Gasteiger partial charge is 0.334 e. The summed E-state index contributed by atoms with van der Waals surface area (Å²) in [5.41, 5.74) is 2.28. The molecule has 0 spiro atoms. The normalized spacial score (nSPS) is 11.9. The fourth-order valence-electron chi connectivity index (χ4n) is 3.48. The number of nitrogens with zero attached hydrogens (tertiary/aromatic N) is 4. The van der Waals surface area contributed by atoms with Gasteiger partial charge >= 0.3 is 0 Å². The first-order chi connectivity index (χ1) is 12.7. The van der Waals surface area contributed by atoms with E-state index in [2.05, 4.69) is 65.7 Å². The Morgan fingerprint density at radius 1 is 1.11 bits per heavy atom. The lowest BCUT2D eigenvalue weighted by atomic mass is 10.1. The van der Waals surface area contributed by atoms with Gasteiger partial charge in [0.15, 0.2) is 5.65 Å². The number of aromatic nitrogens is 3. The van der Waals surface area contributed by atoms with Crippen LogP contribution in [0.5, 0.6) is 0 Å². The lowest BCUT2D eigenvalue weighted by Gasteiger charge is -2.31. The molecule has 6 heteroatoms. The number of fused-ring (bicyclic) bond motifs is 1. The summed E-state index contributed by atoms with van der Waals surface area (Å²) < 4.78 is 1.89.